The Morgan fingerprint density at radius 2 is 2.25 bits per heavy atom. The largest absolute Gasteiger partial charge is 0.337 e. The van der Waals surface area contributed by atoms with E-state index in [9.17, 15) is 4.79 Å². The van der Waals surface area contributed by atoms with Gasteiger partial charge < -0.3 is 10.6 Å². The zero-order valence-electron chi connectivity index (χ0n) is 11.7. The quantitative estimate of drug-likeness (QED) is 0.898. The van der Waals surface area contributed by atoms with Crippen molar-refractivity contribution in [3.05, 3.63) is 30.0 Å². The summed E-state index contributed by atoms with van der Waals surface area (Å²) in [5.74, 6) is 0.447. The number of rotatable bonds is 2. The lowest BCUT2D eigenvalue weighted by Crippen LogP contribution is -2.42. The van der Waals surface area contributed by atoms with Gasteiger partial charge in [-0.15, -0.1) is 0 Å². The first kappa shape index (κ1) is 13.1. The number of carbonyl (C=O) groups excluding carboxylic acids is 1. The van der Waals surface area contributed by atoms with Crippen LogP contribution in [0.3, 0.4) is 0 Å². The molecular weight excluding hydrogens is 252 g/mol. The average Bonchev–Trinajstić information content (AvgIpc) is 2.84. The Kier molecular flexibility index (Phi) is 3.44. The van der Waals surface area contributed by atoms with Gasteiger partial charge >= 0.3 is 0 Å². The number of amides is 1. The molecule has 0 saturated carbocycles. The van der Waals surface area contributed by atoms with E-state index in [0.29, 0.717) is 18.2 Å². The van der Waals surface area contributed by atoms with Crippen LogP contribution in [0.15, 0.2) is 24.3 Å². The predicted octanol–water partition coefficient (Wildman–Crippen LogP) is 1.38. The van der Waals surface area contributed by atoms with Crippen molar-refractivity contribution in [2.75, 3.05) is 19.6 Å². The van der Waals surface area contributed by atoms with Crippen LogP contribution in [0, 0.1) is 5.92 Å². The topological polar surface area (TPSA) is 64.2 Å². The minimum atomic E-state index is 0.0277. The number of nitrogens with two attached hydrogens (primary N) is 1. The normalized spacial score (nSPS) is 19.5. The van der Waals surface area contributed by atoms with Crippen molar-refractivity contribution in [3.8, 4) is 0 Å². The fraction of sp³-hybridized carbons (Fsp3) is 0.467. The highest BCUT2D eigenvalue weighted by Crippen LogP contribution is 2.22. The van der Waals surface area contributed by atoms with Crippen LogP contribution < -0.4 is 5.73 Å². The summed E-state index contributed by atoms with van der Waals surface area (Å²) in [5.41, 5.74) is 7.29. The number of aromatic nitrogens is 2. The summed E-state index contributed by atoms with van der Waals surface area (Å²) in [6.07, 6.45) is 2.14. The standard InChI is InChI=1S/C15H20N4O/c1-18-13-7-3-2-6-12(13)14(17-18)15(20)19-8-4-5-11(9-16)10-19/h2-3,6-7,11H,4-5,8-10,16H2,1H3. The highest BCUT2D eigenvalue weighted by atomic mass is 16.2. The molecule has 1 aromatic heterocycles. The lowest BCUT2D eigenvalue weighted by Gasteiger charge is -2.31. The number of benzene rings is 1. The molecule has 0 radical (unpaired) electrons. The minimum absolute atomic E-state index is 0.0277. The molecule has 1 aliphatic rings. The molecule has 0 spiro atoms. The molecule has 106 valence electrons. The van der Waals surface area contributed by atoms with E-state index in [1.165, 1.54) is 0 Å². The fourth-order valence-corrected chi connectivity index (χ4v) is 2.96. The first-order valence-corrected chi connectivity index (χ1v) is 7.11. The number of hydrogen-bond donors (Lipinski definition) is 1. The van der Waals surface area contributed by atoms with Crippen LogP contribution in [0.5, 0.6) is 0 Å². The molecule has 2 heterocycles. The monoisotopic (exact) mass is 272 g/mol. The van der Waals surface area contributed by atoms with Crippen LogP contribution >= 0.6 is 0 Å². The molecule has 2 N–H and O–H groups in total. The predicted molar refractivity (Wildman–Crippen MR) is 78.4 cm³/mol. The molecule has 1 fully saturated rings. The fourth-order valence-electron chi connectivity index (χ4n) is 2.96. The van der Waals surface area contributed by atoms with Crippen molar-refractivity contribution in [2.45, 2.75) is 12.8 Å². The van der Waals surface area contributed by atoms with Crippen molar-refractivity contribution in [1.29, 1.82) is 0 Å². The van der Waals surface area contributed by atoms with E-state index in [1.54, 1.807) is 4.68 Å². The molecule has 20 heavy (non-hydrogen) atoms. The summed E-state index contributed by atoms with van der Waals surface area (Å²) in [6, 6.07) is 7.85. The van der Waals surface area contributed by atoms with Crippen LogP contribution in [-0.4, -0.2) is 40.2 Å². The number of nitrogens with zero attached hydrogens (tertiary/aromatic N) is 3. The molecule has 0 bridgehead atoms. The molecule has 5 heteroatoms. The maximum Gasteiger partial charge on any atom is 0.275 e. The number of hydrogen-bond acceptors (Lipinski definition) is 3. The smallest absolute Gasteiger partial charge is 0.275 e. The molecule has 1 aromatic carbocycles. The van der Waals surface area contributed by atoms with Crippen LogP contribution in [0.1, 0.15) is 23.3 Å². The third-order valence-electron chi connectivity index (χ3n) is 4.10. The van der Waals surface area contributed by atoms with Gasteiger partial charge in [0.15, 0.2) is 5.69 Å². The molecule has 1 aliphatic heterocycles. The Bertz CT molecular complexity index is 634. The van der Waals surface area contributed by atoms with Crippen LogP contribution in [-0.2, 0) is 7.05 Å². The Labute approximate surface area is 118 Å². The van der Waals surface area contributed by atoms with Gasteiger partial charge in [0.25, 0.3) is 5.91 Å². The summed E-state index contributed by atoms with van der Waals surface area (Å²) >= 11 is 0. The highest BCUT2D eigenvalue weighted by Gasteiger charge is 2.26. The molecule has 1 atom stereocenters. The summed E-state index contributed by atoms with van der Waals surface area (Å²) in [6.45, 7) is 2.20. The second-order valence-corrected chi connectivity index (χ2v) is 5.48. The second kappa shape index (κ2) is 5.25. The number of piperidine rings is 1. The van der Waals surface area contributed by atoms with E-state index in [1.807, 2.05) is 36.2 Å². The van der Waals surface area contributed by atoms with Gasteiger partial charge in [0.05, 0.1) is 5.52 Å². The van der Waals surface area contributed by atoms with Gasteiger partial charge in [0.1, 0.15) is 0 Å². The molecule has 2 aromatic rings. The Balaban J connectivity index is 1.92. The van der Waals surface area contributed by atoms with E-state index in [0.717, 1.165) is 36.8 Å². The van der Waals surface area contributed by atoms with Gasteiger partial charge in [-0.3, -0.25) is 9.48 Å². The van der Waals surface area contributed by atoms with E-state index in [-0.39, 0.29) is 5.91 Å². The highest BCUT2D eigenvalue weighted by molar-refractivity contribution is 6.04. The van der Waals surface area contributed by atoms with Crippen molar-refractivity contribution < 1.29 is 4.79 Å². The Morgan fingerprint density at radius 1 is 1.45 bits per heavy atom. The molecular formula is C15H20N4O. The van der Waals surface area contributed by atoms with E-state index in [2.05, 4.69) is 5.10 Å². The van der Waals surface area contributed by atoms with Gasteiger partial charge in [0.2, 0.25) is 0 Å². The van der Waals surface area contributed by atoms with Gasteiger partial charge in [-0.1, -0.05) is 18.2 Å². The number of fused-ring (bicyclic) bond motifs is 1. The summed E-state index contributed by atoms with van der Waals surface area (Å²) in [4.78, 5) is 14.6. The molecule has 1 saturated heterocycles. The maximum atomic E-state index is 12.7. The maximum absolute atomic E-state index is 12.7. The van der Waals surface area contributed by atoms with Crippen molar-refractivity contribution in [3.63, 3.8) is 0 Å². The SMILES string of the molecule is Cn1nc(C(=O)N2CCCC(CN)C2)c2ccccc21. The first-order chi connectivity index (χ1) is 9.70. The van der Waals surface area contributed by atoms with Crippen LogP contribution in [0.25, 0.3) is 10.9 Å². The van der Waals surface area contributed by atoms with Crippen LogP contribution in [0.4, 0.5) is 0 Å². The van der Waals surface area contributed by atoms with Crippen molar-refractivity contribution in [1.82, 2.24) is 14.7 Å². The Hall–Kier alpha value is -1.88. The van der Waals surface area contributed by atoms with E-state index in [4.69, 9.17) is 5.73 Å². The summed E-state index contributed by atoms with van der Waals surface area (Å²) < 4.78 is 1.77. The molecule has 0 aliphatic carbocycles. The van der Waals surface area contributed by atoms with Gasteiger partial charge in [-0.2, -0.15) is 5.10 Å². The van der Waals surface area contributed by atoms with Gasteiger partial charge in [0, 0.05) is 25.5 Å². The Morgan fingerprint density at radius 3 is 3.05 bits per heavy atom. The molecule has 1 amide bonds. The number of likely N-dealkylation sites (tertiary alicyclic amines) is 1. The van der Waals surface area contributed by atoms with Gasteiger partial charge in [-0.25, -0.2) is 0 Å². The first-order valence-electron chi connectivity index (χ1n) is 7.11. The van der Waals surface area contributed by atoms with E-state index >= 15 is 0 Å². The molecule has 1 unspecified atom stereocenters. The zero-order valence-corrected chi connectivity index (χ0v) is 11.7. The number of carbonyl (C=O) groups is 1. The average molecular weight is 272 g/mol. The van der Waals surface area contributed by atoms with Gasteiger partial charge in [-0.05, 0) is 31.4 Å². The summed E-state index contributed by atoms with van der Waals surface area (Å²) in [7, 11) is 1.87. The second-order valence-electron chi connectivity index (χ2n) is 5.48. The van der Waals surface area contributed by atoms with E-state index < -0.39 is 0 Å². The number of para-hydroxylation sites is 1. The van der Waals surface area contributed by atoms with Crippen molar-refractivity contribution in [2.24, 2.45) is 18.7 Å². The number of aryl methyl sites for hydroxylation is 1. The van der Waals surface area contributed by atoms with Crippen LogP contribution in [0.2, 0.25) is 0 Å². The zero-order chi connectivity index (χ0) is 14.1. The molecule has 3 rings (SSSR count). The third kappa shape index (κ3) is 2.18. The minimum Gasteiger partial charge on any atom is -0.337 e. The summed E-state index contributed by atoms with van der Waals surface area (Å²) in [5, 5.41) is 5.34. The molecule has 5 nitrogen and oxygen atoms in total. The lowest BCUT2D eigenvalue weighted by molar-refractivity contribution is 0.0673. The third-order valence-corrected chi connectivity index (χ3v) is 4.10. The van der Waals surface area contributed by atoms with Crippen molar-refractivity contribution >= 4 is 16.8 Å². The lowest BCUT2D eigenvalue weighted by atomic mass is 9.98.